The molecule has 1 fully saturated rings. The maximum Gasteiger partial charge on any atom is 0.339 e. The molecule has 18 heavy (non-hydrogen) atoms. The van der Waals surface area contributed by atoms with Gasteiger partial charge in [0.1, 0.15) is 0 Å². The summed E-state index contributed by atoms with van der Waals surface area (Å²) >= 11 is 0. The van der Waals surface area contributed by atoms with E-state index in [1.165, 1.54) is 7.11 Å². The van der Waals surface area contributed by atoms with E-state index < -0.39 is 0 Å². The standard InChI is InChI=1S/C13H19N3O2/c1-16-7-5-10(9-16)15-8-12-11(13(17)18-2)4-3-6-14-12/h3-4,6,10,15H,5,7-9H2,1-2H3. The number of rotatable bonds is 4. The second-order valence-corrected chi connectivity index (χ2v) is 4.62. The zero-order valence-electron chi connectivity index (χ0n) is 10.8. The predicted molar refractivity (Wildman–Crippen MR) is 68.3 cm³/mol. The molecular formula is C13H19N3O2. The third kappa shape index (κ3) is 3.05. The van der Waals surface area contributed by atoms with E-state index in [2.05, 4.69) is 22.2 Å². The molecular weight excluding hydrogens is 230 g/mol. The normalized spacial score (nSPS) is 20.0. The van der Waals surface area contributed by atoms with Crippen molar-refractivity contribution in [2.24, 2.45) is 0 Å². The van der Waals surface area contributed by atoms with Crippen molar-refractivity contribution in [2.45, 2.75) is 19.0 Å². The lowest BCUT2D eigenvalue weighted by Gasteiger charge is -2.13. The molecule has 1 aromatic rings. The van der Waals surface area contributed by atoms with Gasteiger partial charge in [0.2, 0.25) is 0 Å². The molecule has 1 unspecified atom stereocenters. The quantitative estimate of drug-likeness (QED) is 0.795. The first kappa shape index (κ1) is 13.0. The topological polar surface area (TPSA) is 54.5 Å². The number of carbonyl (C=O) groups is 1. The Balaban J connectivity index is 1.98. The lowest BCUT2D eigenvalue weighted by molar-refractivity contribution is 0.0598. The summed E-state index contributed by atoms with van der Waals surface area (Å²) < 4.78 is 4.75. The number of esters is 1. The highest BCUT2D eigenvalue weighted by Crippen LogP contribution is 2.10. The van der Waals surface area contributed by atoms with Crippen LogP contribution in [0.3, 0.4) is 0 Å². The molecule has 1 saturated heterocycles. The summed E-state index contributed by atoms with van der Waals surface area (Å²) in [5, 5.41) is 3.44. The molecule has 0 amide bonds. The van der Waals surface area contributed by atoms with Gasteiger partial charge in [-0.1, -0.05) is 0 Å². The van der Waals surface area contributed by atoms with E-state index in [1.54, 1.807) is 18.3 Å². The van der Waals surface area contributed by atoms with E-state index in [-0.39, 0.29) is 5.97 Å². The highest BCUT2D eigenvalue weighted by molar-refractivity contribution is 5.90. The van der Waals surface area contributed by atoms with E-state index >= 15 is 0 Å². The highest BCUT2D eigenvalue weighted by Gasteiger charge is 2.20. The van der Waals surface area contributed by atoms with Gasteiger partial charge in [0.25, 0.3) is 0 Å². The third-order valence-electron chi connectivity index (χ3n) is 3.25. The second-order valence-electron chi connectivity index (χ2n) is 4.62. The van der Waals surface area contributed by atoms with Crippen molar-refractivity contribution in [3.05, 3.63) is 29.6 Å². The van der Waals surface area contributed by atoms with Crippen LogP contribution < -0.4 is 5.32 Å². The predicted octanol–water partition coefficient (Wildman–Crippen LogP) is 0.662. The maximum atomic E-state index is 11.6. The number of pyridine rings is 1. The molecule has 0 spiro atoms. The molecule has 98 valence electrons. The molecule has 1 N–H and O–H groups in total. The Morgan fingerprint density at radius 2 is 2.50 bits per heavy atom. The van der Waals surface area contributed by atoms with Crippen molar-refractivity contribution in [3.8, 4) is 0 Å². The van der Waals surface area contributed by atoms with Crippen molar-refractivity contribution in [3.63, 3.8) is 0 Å². The van der Waals surface area contributed by atoms with Crippen LogP contribution >= 0.6 is 0 Å². The van der Waals surface area contributed by atoms with Gasteiger partial charge in [-0.3, -0.25) is 4.98 Å². The Morgan fingerprint density at radius 3 is 3.17 bits per heavy atom. The Hall–Kier alpha value is -1.46. The maximum absolute atomic E-state index is 11.6. The minimum Gasteiger partial charge on any atom is -0.465 e. The van der Waals surface area contributed by atoms with E-state index in [0.717, 1.165) is 25.2 Å². The minimum absolute atomic E-state index is 0.330. The zero-order chi connectivity index (χ0) is 13.0. The molecule has 1 atom stereocenters. The number of nitrogens with zero attached hydrogens (tertiary/aromatic N) is 2. The molecule has 2 rings (SSSR count). The molecule has 0 aliphatic carbocycles. The van der Waals surface area contributed by atoms with Gasteiger partial charge in [0.05, 0.1) is 18.4 Å². The number of likely N-dealkylation sites (tertiary alicyclic amines) is 1. The number of methoxy groups -OCH3 is 1. The lowest BCUT2D eigenvalue weighted by Crippen LogP contribution is -2.31. The van der Waals surface area contributed by atoms with Crippen LogP contribution in [0.5, 0.6) is 0 Å². The van der Waals surface area contributed by atoms with Gasteiger partial charge < -0.3 is 15.0 Å². The number of hydrogen-bond acceptors (Lipinski definition) is 5. The van der Waals surface area contributed by atoms with Crippen LogP contribution in [0.2, 0.25) is 0 Å². The summed E-state index contributed by atoms with van der Waals surface area (Å²) in [5.74, 6) is -0.330. The Morgan fingerprint density at radius 1 is 1.67 bits per heavy atom. The van der Waals surface area contributed by atoms with Crippen molar-refractivity contribution in [1.29, 1.82) is 0 Å². The van der Waals surface area contributed by atoms with Crippen LogP contribution in [-0.4, -0.2) is 49.1 Å². The van der Waals surface area contributed by atoms with Gasteiger partial charge in [0, 0.05) is 25.3 Å². The van der Waals surface area contributed by atoms with Gasteiger partial charge in [-0.2, -0.15) is 0 Å². The summed E-state index contributed by atoms with van der Waals surface area (Å²) in [6.07, 6.45) is 2.83. The zero-order valence-corrected chi connectivity index (χ0v) is 10.8. The summed E-state index contributed by atoms with van der Waals surface area (Å²) in [7, 11) is 3.50. The summed E-state index contributed by atoms with van der Waals surface area (Å²) in [6, 6.07) is 3.97. The number of hydrogen-bond donors (Lipinski definition) is 1. The molecule has 5 heteroatoms. The Labute approximate surface area is 107 Å². The highest BCUT2D eigenvalue weighted by atomic mass is 16.5. The molecule has 2 heterocycles. The van der Waals surface area contributed by atoms with Gasteiger partial charge in [0.15, 0.2) is 0 Å². The summed E-state index contributed by atoms with van der Waals surface area (Å²) in [5.41, 5.74) is 1.29. The van der Waals surface area contributed by atoms with Gasteiger partial charge >= 0.3 is 5.97 Å². The smallest absolute Gasteiger partial charge is 0.339 e. The molecule has 5 nitrogen and oxygen atoms in total. The number of carbonyl (C=O) groups excluding carboxylic acids is 1. The van der Waals surface area contributed by atoms with E-state index in [1.807, 2.05) is 0 Å². The number of nitrogens with one attached hydrogen (secondary N) is 1. The average molecular weight is 249 g/mol. The fourth-order valence-corrected chi connectivity index (χ4v) is 2.22. The monoisotopic (exact) mass is 249 g/mol. The van der Waals surface area contributed by atoms with Crippen molar-refractivity contribution < 1.29 is 9.53 Å². The van der Waals surface area contributed by atoms with Gasteiger partial charge in [-0.15, -0.1) is 0 Å². The third-order valence-corrected chi connectivity index (χ3v) is 3.25. The van der Waals surface area contributed by atoms with Gasteiger partial charge in [-0.05, 0) is 32.1 Å². The Kier molecular flexibility index (Phi) is 4.28. The SMILES string of the molecule is COC(=O)c1cccnc1CNC1CCN(C)C1. The van der Waals surface area contributed by atoms with Crippen LogP contribution in [0.15, 0.2) is 18.3 Å². The van der Waals surface area contributed by atoms with Crippen molar-refractivity contribution in [1.82, 2.24) is 15.2 Å². The largest absolute Gasteiger partial charge is 0.465 e. The molecule has 1 aliphatic rings. The average Bonchev–Trinajstić information content (AvgIpc) is 2.81. The lowest BCUT2D eigenvalue weighted by atomic mass is 10.2. The fourth-order valence-electron chi connectivity index (χ4n) is 2.22. The van der Waals surface area contributed by atoms with Crippen LogP contribution in [0.25, 0.3) is 0 Å². The van der Waals surface area contributed by atoms with Crippen molar-refractivity contribution >= 4 is 5.97 Å². The first-order chi connectivity index (χ1) is 8.70. The van der Waals surface area contributed by atoms with E-state index in [4.69, 9.17) is 4.74 Å². The first-order valence-corrected chi connectivity index (χ1v) is 6.15. The van der Waals surface area contributed by atoms with E-state index in [0.29, 0.717) is 18.2 Å². The summed E-state index contributed by atoms with van der Waals surface area (Å²) in [4.78, 5) is 18.1. The van der Waals surface area contributed by atoms with Crippen LogP contribution in [-0.2, 0) is 11.3 Å². The minimum atomic E-state index is -0.330. The molecule has 0 saturated carbocycles. The van der Waals surface area contributed by atoms with Crippen LogP contribution in [0, 0.1) is 0 Å². The van der Waals surface area contributed by atoms with Gasteiger partial charge in [-0.25, -0.2) is 4.79 Å². The van der Waals surface area contributed by atoms with Crippen LogP contribution in [0.4, 0.5) is 0 Å². The molecule has 1 aromatic heterocycles. The second kappa shape index (κ2) is 5.93. The van der Waals surface area contributed by atoms with Crippen LogP contribution in [0.1, 0.15) is 22.5 Å². The molecule has 1 aliphatic heterocycles. The first-order valence-electron chi connectivity index (χ1n) is 6.15. The summed E-state index contributed by atoms with van der Waals surface area (Å²) in [6.45, 7) is 2.76. The molecule has 0 aromatic carbocycles. The van der Waals surface area contributed by atoms with E-state index in [9.17, 15) is 4.79 Å². The Bertz CT molecular complexity index is 422. The number of likely N-dealkylation sites (N-methyl/N-ethyl adjacent to an activating group) is 1. The molecule has 0 bridgehead atoms. The molecule has 0 radical (unpaired) electrons. The number of ether oxygens (including phenoxy) is 1. The fraction of sp³-hybridized carbons (Fsp3) is 0.538. The number of aromatic nitrogens is 1. The van der Waals surface area contributed by atoms with Crippen molar-refractivity contribution in [2.75, 3.05) is 27.2 Å².